The fourth-order valence-corrected chi connectivity index (χ4v) is 5.08. The van der Waals surface area contributed by atoms with Gasteiger partial charge in [0, 0.05) is 31.5 Å². The van der Waals surface area contributed by atoms with E-state index < -0.39 is 29.0 Å². The Morgan fingerprint density at radius 1 is 1.00 bits per heavy atom. The summed E-state index contributed by atoms with van der Waals surface area (Å²) in [5, 5.41) is 30.1. The average Bonchev–Trinajstić information content (AvgIpc) is 2.84. The van der Waals surface area contributed by atoms with Crippen LogP contribution in [-0.4, -0.2) is 18.0 Å². The van der Waals surface area contributed by atoms with E-state index in [1.807, 2.05) is 53.4 Å². The van der Waals surface area contributed by atoms with Crippen LogP contribution in [0, 0.1) is 45.3 Å². The summed E-state index contributed by atoms with van der Waals surface area (Å²) in [4.78, 5) is 2.03. The van der Waals surface area contributed by atoms with Gasteiger partial charge >= 0.3 is 6.18 Å². The van der Waals surface area contributed by atoms with Crippen LogP contribution >= 0.6 is 0 Å². The van der Waals surface area contributed by atoms with Gasteiger partial charge in [-0.05, 0) is 22.8 Å². The van der Waals surface area contributed by atoms with Crippen molar-refractivity contribution in [1.82, 2.24) is 4.90 Å². The van der Waals surface area contributed by atoms with Crippen LogP contribution in [0.2, 0.25) is 0 Å². The minimum atomic E-state index is -4.69. The van der Waals surface area contributed by atoms with E-state index in [-0.39, 0.29) is 23.4 Å². The minimum Gasteiger partial charge on any atom is -0.399 e. The van der Waals surface area contributed by atoms with E-state index in [1.54, 1.807) is 6.08 Å². The second-order valence-electron chi connectivity index (χ2n) is 8.44. The third-order valence-electron chi connectivity index (χ3n) is 6.59. The number of halogens is 3. The zero-order chi connectivity index (χ0) is 24.5. The molecule has 0 radical (unpaired) electrons. The number of fused-ring (bicyclic) bond motifs is 1. The molecule has 2 aliphatic rings. The molecule has 34 heavy (non-hydrogen) atoms. The normalized spacial score (nSPS) is 22.1. The molecule has 5 nitrogen and oxygen atoms in total. The molecule has 0 fully saturated rings. The topological polar surface area (TPSA) is 101 Å². The Hall–Kier alpha value is -4.06. The van der Waals surface area contributed by atoms with Crippen LogP contribution in [0.5, 0.6) is 0 Å². The number of hydrogen-bond donors (Lipinski definition) is 1. The molecule has 2 atom stereocenters. The van der Waals surface area contributed by atoms with Crippen LogP contribution in [-0.2, 0) is 12.7 Å². The Morgan fingerprint density at radius 2 is 1.65 bits per heavy atom. The predicted molar refractivity (Wildman–Crippen MR) is 118 cm³/mol. The largest absolute Gasteiger partial charge is 0.416 e. The number of nitrogens with two attached hydrogens (primary N) is 1. The van der Waals surface area contributed by atoms with Crippen LogP contribution in [0.25, 0.3) is 0 Å². The number of nitrogens with zero attached hydrogens (tertiary/aromatic N) is 4. The third kappa shape index (κ3) is 3.71. The van der Waals surface area contributed by atoms with Crippen molar-refractivity contribution in [2.24, 2.45) is 17.1 Å². The first kappa shape index (κ1) is 23.1. The highest BCUT2D eigenvalue weighted by molar-refractivity contribution is 5.60. The van der Waals surface area contributed by atoms with Crippen LogP contribution in [0.15, 0.2) is 77.5 Å². The molecule has 0 saturated heterocycles. The predicted octanol–water partition coefficient (Wildman–Crippen LogP) is 4.63. The van der Waals surface area contributed by atoms with Gasteiger partial charge in [-0.25, -0.2) is 0 Å². The maximum Gasteiger partial charge on any atom is 0.416 e. The molecule has 2 N–H and O–H groups in total. The van der Waals surface area contributed by atoms with Crippen molar-refractivity contribution in [3.8, 4) is 18.2 Å². The first-order chi connectivity index (χ1) is 16.3. The number of allylic oxidation sites excluding steroid dienone is 2. The summed E-state index contributed by atoms with van der Waals surface area (Å²) in [7, 11) is 0. The van der Waals surface area contributed by atoms with E-state index in [0.29, 0.717) is 18.7 Å². The minimum absolute atomic E-state index is 0.00759. The number of benzene rings is 2. The molecule has 0 spiro atoms. The van der Waals surface area contributed by atoms with Gasteiger partial charge in [-0.3, -0.25) is 4.90 Å². The molecule has 2 aromatic rings. The second kappa shape index (κ2) is 8.71. The van der Waals surface area contributed by atoms with Gasteiger partial charge in [0.05, 0.1) is 29.0 Å². The first-order valence-corrected chi connectivity index (χ1v) is 10.6. The summed E-state index contributed by atoms with van der Waals surface area (Å²) in [5.41, 5.74) is 4.24. The Kier molecular flexibility index (Phi) is 5.92. The molecule has 4 rings (SSSR count). The third-order valence-corrected chi connectivity index (χ3v) is 6.59. The van der Waals surface area contributed by atoms with Gasteiger partial charge in [-0.2, -0.15) is 29.0 Å². The number of hydrogen-bond acceptors (Lipinski definition) is 5. The molecule has 0 amide bonds. The molecular weight excluding hydrogens is 439 g/mol. The lowest BCUT2D eigenvalue weighted by atomic mass is 9.57. The molecule has 1 aliphatic carbocycles. The molecule has 170 valence electrons. The van der Waals surface area contributed by atoms with E-state index in [9.17, 15) is 29.0 Å². The number of alkyl halides is 3. The average molecular weight is 459 g/mol. The fraction of sp³-hybridized carbons (Fsp3) is 0.269. The van der Waals surface area contributed by atoms with E-state index >= 15 is 0 Å². The summed E-state index contributed by atoms with van der Waals surface area (Å²) in [5.74, 6) is -1.91. The Bertz CT molecular complexity index is 1270. The van der Waals surface area contributed by atoms with E-state index in [2.05, 4.69) is 0 Å². The maximum absolute atomic E-state index is 14.0. The molecular formula is C26H20F3N5. The van der Waals surface area contributed by atoms with E-state index in [4.69, 9.17) is 5.73 Å². The molecule has 1 heterocycles. The lowest BCUT2D eigenvalue weighted by Gasteiger charge is -2.46. The number of nitriles is 3. The van der Waals surface area contributed by atoms with Gasteiger partial charge in [0.25, 0.3) is 0 Å². The molecule has 0 aromatic heterocycles. The molecule has 0 saturated carbocycles. The molecule has 8 heteroatoms. The van der Waals surface area contributed by atoms with Gasteiger partial charge < -0.3 is 5.73 Å². The molecule has 2 unspecified atom stereocenters. The van der Waals surface area contributed by atoms with Gasteiger partial charge in [-0.1, -0.05) is 54.6 Å². The Labute approximate surface area is 195 Å². The fourth-order valence-electron chi connectivity index (χ4n) is 5.08. The van der Waals surface area contributed by atoms with Crippen LogP contribution in [0.3, 0.4) is 0 Å². The monoisotopic (exact) mass is 459 g/mol. The Morgan fingerprint density at radius 3 is 2.26 bits per heavy atom. The highest BCUT2D eigenvalue weighted by Crippen LogP contribution is 2.55. The highest BCUT2D eigenvalue weighted by Gasteiger charge is 2.56. The second-order valence-corrected chi connectivity index (χ2v) is 8.44. The lowest BCUT2D eigenvalue weighted by molar-refractivity contribution is -0.138. The van der Waals surface area contributed by atoms with Crippen molar-refractivity contribution in [2.45, 2.75) is 18.6 Å². The van der Waals surface area contributed by atoms with Gasteiger partial charge in [0.2, 0.25) is 0 Å². The summed E-state index contributed by atoms with van der Waals surface area (Å²) in [6, 6.07) is 20.4. The van der Waals surface area contributed by atoms with Crippen LogP contribution in [0.4, 0.5) is 13.2 Å². The van der Waals surface area contributed by atoms with Crippen molar-refractivity contribution in [3.05, 3.63) is 94.2 Å². The summed E-state index contributed by atoms with van der Waals surface area (Å²) < 4.78 is 42.0. The SMILES string of the molecule is N#CC1=C(N)C(C#N)(C#N)C(c2ccccc2C(F)(F)F)C2CN(Cc3ccccc3)CC=C12. The Balaban J connectivity index is 1.92. The van der Waals surface area contributed by atoms with Crippen LogP contribution < -0.4 is 5.73 Å². The maximum atomic E-state index is 14.0. The van der Waals surface area contributed by atoms with E-state index in [0.717, 1.165) is 11.6 Å². The van der Waals surface area contributed by atoms with Crippen molar-refractivity contribution in [1.29, 1.82) is 15.8 Å². The number of rotatable bonds is 3. The van der Waals surface area contributed by atoms with Crippen molar-refractivity contribution in [2.75, 3.05) is 13.1 Å². The summed E-state index contributed by atoms with van der Waals surface area (Å²) in [6.07, 6.45) is -2.91. The van der Waals surface area contributed by atoms with E-state index in [1.165, 1.54) is 18.2 Å². The van der Waals surface area contributed by atoms with Gasteiger partial charge in [0.1, 0.15) is 6.07 Å². The molecule has 1 aliphatic heterocycles. The quantitative estimate of drug-likeness (QED) is 0.721. The standard InChI is InChI=1S/C26H20F3N5/c27-26(28,29)22-9-5-4-8-19(22)23-21-14-34(13-17-6-2-1-3-7-17)11-10-18(21)20(12-30)24(33)25(23,15-31)16-32/h1-10,21,23H,11,13-14,33H2. The molecule has 2 aromatic carbocycles. The highest BCUT2D eigenvalue weighted by atomic mass is 19.4. The lowest BCUT2D eigenvalue weighted by Crippen LogP contribution is -2.48. The van der Waals surface area contributed by atoms with Crippen molar-refractivity contribution < 1.29 is 13.2 Å². The summed E-state index contributed by atoms with van der Waals surface area (Å²) in [6.45, 7) is 1.25. The van der Waals surface area contributed by atoms with Crippen LogP contribution in [0.1, 0.15) is 22.6 Å². The van der Waals surface area contributed by atoms with Gasteiger partial charge in [0.15, 0.2) is 5.41 Å². The zero-order valence-corrected chi connectivity index (χ0v) is 18.0. The smallest absolute Gasteiger partial charge is 0.399 e. The zero-order valence-electron chi connectivity index (χ0n) is 18.0. The van der Waals surface area contributed by atoms with Crippen molar-refractivity contribution >= 4 is 0 Å². The van der Waals surface area contributed by atoms with Crippen molar-refractivity contribution in [3.63, 3.8) is 0 Å². The first-order valence-electron chi connectivity index (χ1n) is 10.6. The van der Waals surface area contributed by atoms with Gasteiger partial charge in [-0.15, -0.1) is 0 Å². The summed E-state index contributed by atoms with van der Waals surface area (Å²) >= 11 is 0. The molecule has 0 bridgehead atoms.